The molecule has 0 spiro atoms. The summed E-state index contributed by atoms with van der Waals surface area (Å²) < 4.78 is 11.0. The molecular weight excluding hydrogens is 235 g/mol. The van der Waals surface area contributed by atoms with Gasteiger partial charge in [0.15, 0.2) is 0 Å². The molecule has 1 aromatic rings. The molecule has 0 aliphatic heterocycles. The Morgan fingerprint density at radius 2 is 1.76 bits per heavy atom. The molecule has 0 atom stereocenters. The van der Waals surface area contributed by atoms with Crippen molar-refractivity contribution < 1.29 is 13.9 Å². The summed E-state index contributed by atoms with van der Waals surface area (Å²) in [6.07, 6.45) is 3.47. The third-order valence-electron chi connectivity index (χ3n) is 3.14. The van der Waals surface area contributed by atoms with Gasteiger partial charge in [-0.15, -0.1) is 0 Å². The zero-order chi connectivity index (χ0) is 12.3. The second kappa shape index (κ2) is 5.45. The van der Waals surface area contributed by atoms with Crippen molar-refractivity contribution >= 4 is 13.2 Å². The molecule has 96 valence electrons. The Labute approximate surface area is 103 Å². The van der Waals surface area contributed by atoms with Gasteiger partial charge in [0.25, 0.3) is 0 Å². The van der Waals surface area contributed by atoms with Crippen molar-refractivity contribution in [2.24, 2.45) is 0 Å². The summed E-state index contributed by atoms with van der Waals surface area (Å²) in [5, 5.41) is 0.835. The Kier molecular flexibility index (Phi) is 4.16. The van der Waals surface area contributed by atoms with E-state index in [0.717, 1.165) is 18.1 Å². The fraction of sp³-hybridized carbons (Fsp3) is 0.538. The van der Waals surface area contributed by atoms with E-state index in [1.54, 1.807) is 0 Å². The van der Waals surface area contributed by atoms with Gasteiger partial charge in [-0.25, -0.2) is 0 Å². The van der Waals surface area contributed by atoms with Crippen molar-refractivity contribution in [1.29, 1.82) is 0 Å². The first kappa shape index (κ1) is 13.0. The van der Waals surface area contributed by atoms with Crippen LogP contribution in [0.25, 0.3) is 0 Å². The average molecular weight is 256 g/mol. The van der Waals surface area contributed by atoms with Crippen LogP contribution in [0.1, 0.15) is 31.4 Å². The summed E-state index contributed by atoms with van der Waals surface area (Å²) in [6, 6.07) is 6.13. The summed E-state index contributed by atoms with van der Waals surface area (Å²) in [6.45, 7) is 4.70. The number of benzene rings is 1. The summed E-state index contributed by atoms with van der Waals surface area (Å²) in [5.74, 6) is 0. The molecule has 0 radical (unpaired) electrons. The summed E-state index contributed by atoms with van der Waals surface area (Å²) >= 11 is 0. The molecule has 0 aromatic heterocycles. The van der Waals surface area contributed by atoms with Gasteiger partial charge in [0.2, 0.25) is 0 Å². The monoisotopic (exact) mass is 256 g/mol. The van der Waals surface area contributed by atoms with E-state index in [9.17, 15) is 4.89 Å². The van der Waals surface area contributed by atoms with Crippen LogP contribution in [0.3, 0.4) is 0 Å². The molecule has 1 aliphatic rings. The third kappa shape index (κ3) is 2.69. The number of hydrogen-bond donors (Lipinski definition) is 1. The first-order chi connectivity index (χ1) is 8.19. The van der Waals surface area contributed by atoms with Crippen molar-refractivity contribution in [1.82, 2.24) is 0 Å². The van der Waals surface area contributed by atoms with E-state index >= 15 is 0 Å². The van der Waals surface area contributed by atoms with Gasteiger partial charge in [0, 0.05) is 0 Å². The molecule has 0 saturated heterocycles. The SMILES string of the molecule is CCO[PH](O)(OCC)c1ccc2c(c1)CCC2. The van der Waals surface area contributed by atoms with Crippen LogP contribution in [0, 0.1) is 0 Å². The van der Waals surface area contributed by atoms with E-state index in [4.69, 9.17) is 9.05 Å². The Bertz CT molecular complexity index is 386. The van der Waals surface area contributed by atoms with E-state index in [0.29, 0.717) is 13.2 Å². The van der Waals surface area contributed by atoms with Crippen LogP contribution in [-0.4, -0.2) is 18.1 Å². The molecule has 4 heteroatoms. The zero-order valence-corrected chi connectivity index (χ0v) is 11.5. The van der Waals surface area contributed by atoms with Gasteiger partial charge in [-0.05, 0) is 0 Å². The summed E-state index contributed by atoms with van der Waals surface area (Å²) in [5.41, 5.74) is 2.74. The van der Waals surface area contributed by atoms with Crippen LogP contribution in [0.2, 0.25) is 0 Å². The number of hydrogen-bond acceptors (Lipinski definition) is 3. The minimum atomic E-state index is -3.17. The number of fused-ring (bicyclic) bond motifs is 1. The van der Waals surface area contributed by atoms with Crippen molar-refractivity contribution in [2.45, 2.75) is 33.1 Å². The Morgan fingerprint density at radius 1 is 1.12 bits per heavy atom. The van der Waals surface area contributed by atoms with Gasteiger partial charge in [-0.3, -0.25) is 0 Å². The quantitative estimate of drug-likeness (QED) is 0.822. The van der Waals surface area contributed by atoms with Gasteiger partial charge < -0.3 is 0 Å². The Hall–Kier alpha value is -0.470. The zero-order valence-electron chi connectivity index (χ0n) is 10.5. The molecule has 3 nitrogen and oxygen atoms in total. The predicted octanol–water partition coefficient (Wildman–Crippen LogP) is 2.36. The standard InChI is InChI=1S/C13H21O3P/c1-3-15-17(14,16-4-2)13-9-8-11-6-5-7-12(11)10-13/h8-10,14,17H,3-7H2,1-2H3. The molecule has 1 aliphatic carbocycles. The Balaban J connectivity index is 2.29. The first-order valence-corrected chi connectivity index (χ1v) is 8.08. The molecule has 17 heavy (non-hydrogen) atoms. The topological polar surface area (TPSA) is 38.7 Å². The molecular formula is C13H21O3P. The van der Waals surface area contributed by atoms with E-state index in [-0.39, 0.29) is 0 Å². The molecule has 0 fully saturated rings. The van der Waals surface area contributed by atoms with Crippen LogP contribution in [-0.2, 0) is 21.9 Å². The molecule has 0 amide bonds. The average Bonchev–Trinajstić information content (AvgIpc) is 2.76. The normalized spacial score (nSPS) is 15.9. The molecule has 2 rings (SSSR count). The number of rotatable bonds is 5. The van der Waals surface area contributed by atoms with Gasteiger partial charge in [-0.2, -0.15) is 0 Å². The maximum atomic E-state index is 10.5. The van der Waals surface area contributed by atoms with Crippen LogP contribution in [0.4, 0.5) is 0 Å². The van der Waals surface area contributed by atoms with Crippen molar-refractivity contribution in [3.05, 3.63) is 29.3 Å². The van der Waals surface area contributed by atoms with Gasteiger partial charge in [0.05, 0.1) is 0 Å². The first-order valence-electron chi connectivity index (χ1n) is 6.32. The molecule has 0 bridgehead atoms. The van der Waals surface area contributed by atoms with Crippen LogP contribution >= 0.6 is 7.94 Å². The molecule has 0 saturated carbocycles. The third-order valence-corrected chi connectivity index (χ3v) is 5.54. The van der Waals surface area contributed by atoms with Gasteiger partial charge >= 0.3 is 103 Å². The molecule has 0 unspecified atom stereocenters. The van der Waals surface area contributed by atoms with Crippen LogP contribution in [0.15, 0.2) is 18.2 Å². The fourth-order valence-corrected chi connectivity index (χ4v) is 4.22. The van der Waals surface area contributed by atoms with Gasteiger partial charge in [-0.1, -0.05) is 0 Å². The fourth-order valence-electron chi connectivity index (χ4n) is 2.37. The van der Waals surface area contributed by atoms with E-state index in [2.05, 4.69) is 12.1 Å². The van der Waals surface area contributed by atoms with E-state index in [1.807, 2.05) is 19.9 Å². The predicted molar refractivity (Wildman–Crippen MR) is 71.9 cm³/mol. The van der Waals surface area contributed by atoms with E-state index in [1.165, 1.54) is 17.5 Å². The second-order valence-electron chi connectivity index (χ2n) is 4.28. The molecule has 0 heterocycles. The second-order valence-corrected chi connectivity index (χ2v) is 6.60. The van der Waals surface area contributed by atoms with Gasteiger partial charge in [0.1, 0.15) is 0 Å². The molecule has 1 N–H and O–H groups in total. The minimum absolute atomic E-state index is 0.472. The van der Waals surface area contributed by atoms with Crippen molar-refractivity contribution in [3.63, 3.8) is 0 Å². The summed E-state index contributed by atoms with van der Waals surface area (Å²) in [7, 11) is -3.17. The van der Waals surface area contributed by atoms with E-state index < -0.39 is 7.94 Å². The molecule has 1 aromatic carbocycles. The summed E-state index contributed by atoms with van der Waals surface area (Å²) in [4.78, 5) is 10.5. The van der Waals surface area contributed by atoms with Crippen molar-refractivity contribution in [3.8, 4) is 0 Å². The Morgan fingerprint density at radius 3 is 2.41 bits per heavy atom. The van der Waals surface area contributed by atoms with Crippen LogP contribution in [0.5, 0.6) is 0 Å². The van der Waals surface area contributed by atoms with Crippen LogP contribution < -0.4 is 5.30 Å². The van der Waals surface area contributed by atoms with Crippen molar-refractivity contribution in [2.75, 3.05) is 13.2 Å². The number of aryl methyl sites for hydroxylation is 2. The maximum absolute atomic E-state index is 10.5.